The second-order valence-electron chi connectivity index (χ2n) is 6.32. The van der Waals surface area contributed by atoms with Crippen molar-refractivity contribution in [2.24, 2.45) is 0 Å². The maximum Gasteiger partial charge on any atom is 0.338 e. The quantitative estimate of drug-likeness (QED) is 0.705. The number of carbonyl (C=O) groups is 1. The van der Waals surface area contributed by atoms with Crippen molar-refractivity contribution in [3.63, 3.8) is 0 Å². The van der Waals surface area contributed by atoms with Gasteiger partial charge in [0.15, 0.2) is 5.75 Å². The smallest absolute Gasteiger partial charge is 0.338 e. The Morgan fingerprint density at radius 2 is 1.92 bits per heavy atom. The summed E-state index contributed by atoms with van der Waals surface area (Å²) in [7, 11) is 0. The van der Waals surface area contributed by atoms with E-state index < -0.39 is 0 Å². The Balaban J connectivity index is 1.61. The molecular formula is C18H17ClN4O3. The van der Waals surface area contributed by atoms with Crippen molar-refractivity contribution in [1.29, 1.82) is 0 Å². The van der Waals surface area contributed by atoms with Crippen molar-refractivity contribution in [3.8, 4) is 11.6 Å². The van der Waals surface area contributed by atoms with Crippen LogP contribution in [0.25, 0.3) is 16.9 Å². The Labute approximate surface area is 154 Å². The molecule has 0 unspecified atom stereocenters. The van der Waals surface area contributed by atoms with Crippen molar-refractivity contribution in [1.82, 2.24) is 20.0 Å². The van der Waals surface area contributed by atoms with Crippen molar-refractivity contribution in [3.05, 3.63) is 41.0 Å². The van der Waals surface area contributed by atoms with Crippen molar-refractivity contribution < 1.29 is 14.6 Å². The average Bonchev–Trinajstić information content (AvgIpc) is 3.07. The number of ether oxygens (including phenoxy) is 1. The van der Waals surface area contributed by atoms with Crippen LogP contribution in [0.4, 0.5) is 0 Å². The van der Waals surface area contributed by atoms with Crippen LogP contribution in [-0.4, -0.2) is 37.2 Å². The molecule has 0 atom stereocenters. The Morgan fingerprint density at radius 1 is 1.15 bits per heavy atom. The number of aromatic hydroxyl groups is 1. The number of esters is 1. The zero-order valence-corrected chi connectivity index (χ0v) is 14.7. The van der Waals surface area contributed by atoms with Crippen molar-refractivity contribution in [2.75, 3.05) is 0 Å². The SMILES string of the molecule is O=C(OC1CCCCC1)c1ccc2nn(-c3nccc(Cl)c3O)nc2c1. The third-order valence-electron chi connectivity index (χ3n) is 4.49. The van der Waals surface area contributed by atoms with E-state index in [1.807, 2.05) is 0 Å². The highest BCUT2D eigenvalue weighted by molar-refractivity contribution is 6.32. The van der Waals surface area contributed by atoms with E-state index >= 15 is 0 Å². The lowest BCUT2D eigenvalue weighted by Crippen LogP contribution is -2.20. The van der Waals surface area contributed by atoms with Gasteiger partial charge in [0, 0.05) is 6.20 Å². The van der Waals surface area contributed by atoms with Crippen LogP contribution in [0.3, 0.4) is 0 Å². The Bertz CT molecular complexity index is 966. The first-order valence-corrected chi connectivity index (χ1v) is 8.91. The lowest BCUT2D eigenvalue weighted by molar-refractivity contribution is 0.0211. The summed E-state index contributed by atoms with van der Waals surface area (Å²) in [6, 6.07) is 6.46. The molecule has 1 aliphatic carbocycles. The van der Waals surface area contributed by atoms with Crippen molar-refractivity contribution >= 4 is 28.6 Å². The third-order valence-corrected chi connectivity index (χ3v) is 4.79. The minimum Gasteiger partial charge on any atom is -0.503 e. The standard InChI is InChI=1S/C18H17ClN4O3/c19-13-8-9-20-17(16(13)24)23-21-14-7-6-11(10-15(14)22-23)18(25)26-12-4-2-1-3-5-12/h6-10,12,24H,1-5H2. The zero-order chi connectivity index (χ0) is 18.1. The van der Waals surface area contributed by atoms with Gasteiger partial charge in [-0.05, 0) is 49.9 Å². The summed E-state index contributed by atoms with van der Waals surface area (Å²) in [6.07, 6.45) is 6.69. The number of hydrogen-bond donors (Lipinski definition) is 1. The highest BCUT2D eigenvalue weighted by Crippen LogP contribution is 2.28. The largest absolute Gasteiger partial charge is 0.503 e. The molecule has 1 fully saturated rings. The molecule has 1 saturated carbocycles. The van der Waals surface area contributed by atoms with Crippen LogP contribution in [0.1, 0.15) is 42.5 Å². The molecule has 0 radical (unpaired) electrons. The number of nitrogens with zero attached hydrogens (tertiary/aromatic N) is 4. The van der Waals surface area contributed by atoms with Gasteiger partial charge in [-0.1, -0.05) is 18.0 Å². The summed E-state index contributed by atoms with van der Waals surface area (Å²) in [5.74, 6) is -0.427. The summed E-state index contributed by atoms with van der Waals surface area (Å²) in [4.78, 5) is 17.6. The van der Waals surface area contributed by atoms with Crippen molar-refractivity contribution in [2.45, 2.75) is 38.2 Å². The molecule has 0 saturated heterocycles. The number of rotatable bonds is 3. The minimum atomic E-state index is -0.350. The van der Waals surface area contributed by atoms with Gasteiger partial charge >= 0.3 is 5.97 Å². The van der Waals surface area contributed by atoms with Crippen LogP contribution < -0.4 is 0 Å². The number of aromatic nitrogens is 4. The van der Waals surface area contributed by atoms with E-state index in [9.17, 15) is 9.90 Å². The molecule has 8 heteroatoms. The Hall–Kier alpha value is -2.67. The van der Waals surface area contributed by atoms with Gasteiger partial charge in [-0.3, -0.25) is 0 Å². The fourth-order valence-electron chi connectivity index (χ4n) is 3.11. The fraction of sp³-hybridized carbons (Fsp3) is 0.333. The molecule has 134 valence electrons. The summed E-state index contributed by atoms with van der Waals surface area (Å²) >= 11 is 5.90. The van der Waals surface area contributed by atoms with Crippen LogP contribution >= 0.6 is 11.6 Å². The van der Waals surface area contributed by atoms with Crippen LogP contribution in [-0.2, 0) is 4.74 Å². The van der Waals surface area contributed by atoms with Crippen LogP contribution in [0.5, 0.6) is 5.75 Å². The third kappa shape index (κ3) is 3.22. The number of benzene rings is 1. The minimum absolute atomic E-state index is 0.00441. The molecule has 0 amide bonds. The molecule has 0 bridgehead atoms. The molecule has 1 aliphatic rings. The summed E-state index contributed by atoms with van der Waals surface area (Å²) < 4.78 is 5.59. The van der Waals surface area contributed by atoms with Gasteiger partial charge in [0.2, 0.25) is 5.82 Å². The number of pyridine rings is 1. The number of carbonyl (C=O) groups excluding carboxylic acids is 1. The van der Waals surface area contributed by atoms with E-state index in [4.69, 9.17) is 16.3 Å². The molecule has 2 heterocycles. The first-order chi connectivity index (χ1) is 12.6. The zero-order valence-electron chi connectivity index (χ0n) is 13.9. The van der Waals surface area contributed by atoms with E-state index in [0.717, 1.165) is 25.7 Å². The molecule has 0 spiro atoms. The van der Waals surface area contributed by atoms with Gasteiger partial charge in [0.25, 0.3) is 0 Å². The van der Waals surface area contributed by atoms with Crippen LogP contribution in [0.2, 0.25) is 5.02 Å². The van der Waals surface area contributed by atoms with Gasteiger partial charge in [0.1, 0.15) is 17.1 Å². The second-order valence-corrected chi connectivity index (χ2v) is 6.73. The summed E-state index contributed by atoms with van der Waals surface area (Å²) in [5, 5.41) is 18.8. The molecule has 26 heavy (non-hydrogen) atoms. The normalized spacial score (nSPS) is 15.3. The molecule has 0 aliphatic heterocycles. The highest BCUT2D eigenvalue weighted by Gasteiger charge is 2.20. The van der Waals surface area contributed by atoms with E-state index in [0.29, 0.717) is 16.6 Å². The lowest BCUT2D eigenvalue weighted by Gasteiger charge is -2.21. The predicted molar refractivity (Wildman–Crippen MR) is 95.6 cm³/mol. The van der Waals surface area contributed by atoms with Crippen LogP contribution in [0.15, 0.2) is 30.5 Å². The number of halogens is 1. The van der Waals surface area contributed by atoms with Gasteiger partial charge in [-0.15, -0.1) is 15.0 Å². The van der Waals surface area contributed by atoms with Gasteiger partial charge < -0.3 is 9.84 Å². The average molecular weight is 373 g/mol. The first-order valence-electron chi connectivity index (χ1n) is 8.54. The molecule has 1 N–H and O–H groups in total. The summed E-state index contributed by atoms with van der Waals surface area (Å²) in [6.45, 7) is 0. The van der Waals surface area contributed by atoms with Gasteiger partial charge in [-0.2, -0.15) is 0 Å². The fourth-order valence-corrected chi connectivity index (χ4v) is 3.25. The molecule has 2 aromatic heterocycles. The maximum atomic E-state index is 12.4. The van der Waals surface area contributed by atoms with E-state index in [-0.39, 0.29) is 28.7 Å². The Morgan fingerprint density at radius 3 is 2.73 bits per heavy atom. The maximum absolute atomic E-state index is 12.4. The Kier molecular flexibility index (Phi) is 4.46. The molecule has 4 rings (SSSR count). The van der Waals surface area contributed by atoms with Gasteiger partial charge in [0.05, 0.1) is 10.6 Å². The second kappa shape index (κ2) is 6.92. The van der Waals surface area contributed by atoms with E-state index in [1.54, 1.807) is 18.2 Å². The first kappa shape index (κ1) is 16.8. The monoisotopic (exact) mass is 372 g/mol. The highest BCUT2D eigenvalue weighted by atomic mass is 35.5. The lowest BCUT2D eigenvalue weighted by atomic mass is 9.98. The topological polar surface area (TPSA) is 90.1 Å². The summed E-state index contributed by atoms with van der Waals surface area (Å²) in [5.41, 5.74) is 1.50. The number of fused-ring (bicyclic) bond motifs is 1. The molecule has 1 aromatic carbocycles. The van der Waals surface area contributed by atoms with E-state index in [2.05, 4.69) is 15.2 Å². The number of hydrogen-bond acceptors (Lipinski definition) is 6. The predicted octanol–water partition coefficient (Wildman–Crippen LogP) is 3.66. The van der Waals surface area contributed by atoms with E-state index in [1.165, 1.54) is 23.5 Å². The van der Waals surface area contributed by atoms with Crippen LogP contribution in [0, 0.1) is 0 Å². The molecular weight excluding hydrogens is 356 g/mol. The molecule has 7 nitrogen and oxygen atoms in total. The molecule has 3 aromatic rings. The van der Waals surface area contributed by atoms with Gasteiger partial charge in [-0.25, -0.2) is 9.78 Å².